The van der Waals surface area contributed by atoms with Crippen LogP contribution in [0.5, 0.6) is 0 Å². The molecule has 130 valence electrons. The first kappa shape index (κ1) is 16.1. The van der Waals surface area contributed by atoms with Crippen molar-refractivity contribution in [2.75, 3.05) is 31.6 Å². The Kier molecular flexibility index (Phi) is 4.65. The molecule has 5 nitrogen and oxygen atoms in total. The molecule has 0 bridgehead atoms. The summed E-state index contributed by atoms with van der Waals surface area (Å²) in [5.41, 5.74) is 2.96. The van der Waals surface area contributed by atoms with Gasteiger partial charge in [0.25, 0.3) is 6.01 Å². The lowest BCUT2D eigenvalue weighted by Gasteiger charge is -2.36. The average molecular weight is 336 g/mol. The summed E-state index contributed by atoms with van der Waals surface area (Å²) in [4.78, 5) is 13.8. The lowest BCUT2D eigenvalue weighted by molar-refractivity contribution is 0.210. The molecule has 0 radical (unpaired) electrons. The first-order valence-electron chi connectivity index (χ1n) is 9.00. The smallest absolute Gasteiger partial charge is 0.298 e. The second-order valence-corrected chi connectivity index (χ2v) is 6.72. The van der Waals surface area contributed by atoms with Crippen molar-refractivity contribution in [3.05, 3.63) is 54.4 Å². The lowest BCUT2D eigenvalue weighted by Crippen LogP contribution is -2.44. The molecular weight excluding hydrogens is 312 g/mol. The molecule has 0 aliphatic carbocycles. The molecule has 0 saturated carbocycles. The second kappa shape index (κ2) is 7.23. The molecule has 0 N–H and O–H groups in total. The van der Waals surface area contributed by atoms with Gasteiger partial charge in [0.2, 0.25) is 0 Å². The van der Waals surface area contributed by atoms with E-state index in [0.29, 0.717) is 6.04 Å². The van der Waals surface area contributed by atoms with Crippen molar-refractivity contribution in [3.8, 4) is 0 Å². The molecule has 1 aliphatic heterocycles. The molecule has 1 aliphatic rings. The number of likely N-dealkylation sites (tertiary alicyclic amines) is 1. The average Bonchev–Trinajstić information content (AvgIpc) is 3.11. The first-order chi connectivity index (χ1) is 12.3. The minimum atomic E-state index is 0.485. The van der Waals surface area contributed by atoms with E-state index in [-0.39, 0.29) is 0 Å². The largest absolute Gasteiger partial charge is 0.423 e. The summed E-state index contributed by atoms with van der Waals surface area (Å²) in [5, 5.41) is 0. The van der Waals surface area contributed by atoms with Crippen molar-refractivity contribution in [2.24, 2.45) is 0 Å². The Hall–Kier alpha value is -2.40. The lowest BCUT2D eigenvalue weighted by atomic mass is 10.0. The second-order valence-electron chi connectivity index (χ2n) is 6.72. The molecule has 2 aromatic heterocycles. The van der Waals surface area contributed by atoms with Gasteiger partial charge in [0.05, 0.1) is 0 Å². The standard InChI is InChI=1S/C20H24N4O/c1-23(20-22-18-7-2-3-8-19(18)25-20)17-10-14-24(15-11-17)13-9-16-6-4-5-12-21-16/h2-8,12,17H,9-11,13-15H2,1H3. The van der Waals surface area contributed by atoms with Crippen LogP contribution in [0, 0.1) is 0 Å². The number of hydrogen-bond donors (Lipinski definition) is 0. The number of para-hydroxylation sites is 2. The van der Waals surface area contributed by atoms with Gasteiger partial charge in [-0.1, -0.05) is 18.2 Å². The molecule has 3 heterocycles. The Morgan fingerprint density at radius 2 is 1.92 bits per heavy atom. The van der Waals surface area contributed by atoms with Crippen LogP contribution in [0.1, 0.15) is 18.5 Å². The fourth-order valence-corrected chi connectivity index (χ4v) is 3.52. The molecule has 5 heteroatoms. The predicted molar refractivity (Wildman–Crippen MR) is 99.8 cm³/mol. The molecule has 4 rings (SSSR count). The van der Waals surface area contributed by atoms with Crippen LogP contribution in [0.15, 0.2) is 53.1 Å². The SMILES string of the molecule is CN(c1nc2ccccc2o1)C1CCN(CCc2ccccn2)CC1. The third-order valence-electron chi connectivity index (χ3n) is 5.10. The number of benzene rings is 1. The van der Waals surface area contributed by atoms with Crippen molar-refractivity contribution in [2.45, 2.75) is 25.3 Å². The first-order valence-corrected chi connectivity index (χ1v) is 9.00. The summed E-state index contributed by atoms with van der Waals surface area (Å²) < 4.78 is 5.91. The molecule has 25 heavy (non-hydrogen) atoms. The highest BCUT2D eigenvalue weighted by atomic mass is 16.4. The van der Waals surface area contributed by atoms with Crippen LogP contribution in [0.3, 0.4) is 0 Å². The summed E-state index contributed by atoms with van der Waals surface area (Å²) in [6.07, 6.45) is 5.16. The summed E-state index contributed by atoms with van der Waals surface area (Å²) in [6, 6.07) is 15.3. The molecule has 0 unspecified atom stereocenters. The van der Waals surface area contributed by atoms with Gasteiger partial charge in [-0.15, -0.1) is 0 Å². The zero-order chi connectivity index (χ0) is 17.1. The van der Waals surface area contributed by atoms with E-state index in [1.165, 1.54) is 5.69 Å². The van der Waals surface area contributed by atoms with Crippen molar-refractivity contribution < 1.29 is 4.42 Å². The number of pyridine rings is 1. The number of piperidine rings is 1. The number of hydrogen-bond acceptors (Lipinski definition) is 5. The van der Waals surface area contributed by atoms with Gasteiger partial charge in [-0.2, -0.15) is 4.98 Å². The fourth-order valence-electron chi connectivity index (χ4n) is 3.52. The Labute approximate surface area is 148 Å². The summed E-state index contributed by atoms with van der Waals surface area (Å²) >= 11 is 0. The van der Waals surface area contributed by atoms with Gasteiger partial charge < -0.3 is 14.2 Å². The van der Waals surface area contributed by atoms with E-state index in [0.717, 1.165) is 56.0 Å². The number of aromatic nitrogens is 2. The Bertz CT molecular complexity index is 776. The molecule has 1 fully saturated rings. The van der Waals surface area contributed by atoms with Crippen LogP contribution in [0.2, 0.25) is 0 Å². The Balaban J connectivity index is 1.32. The van der Waals surface area contributed by atoms with Gasteiger partial charge in [0, 0.05) is 51.0 Å². The maximum Gasteiger partial charge on any atom is 0.298 e. The fraction of sp³-hybridized carbons (Fsp3) is 0.400. The van der Waals surface area contributed by atoms with Crippen LogP contribution < -0.4 is 4.90 Å². The highest BCUT2D eigenvalue weighted by Gasteiger charge is 2.25. The van der Waals surface area contributed by atoms with Gasteiger partial charge in [0.1, 0.15) is 5.52 Å². The van der Waals surface area contributed by atoms with Crippen molar-refractivity contribution in [1.29, 1.82) is 0 Å². The number of nitrogens with zero attached hydrogens (tertiary/aromatic N) is 4. The molecule has 0 atom stereocenters. The van der Waals surface area contributed by atoms with Gasteiger partial charge >= 0.3 is 0 Å². The molecule has 0 amide bonds. The van der Waals surface area contributed by atoms with E-state index in [1.54, 1.807) is 0 Å². The normalized spacial score (nSPS) is 16.4. The maximum atomic E-state index is 5.91. The van der Waals surface area contributed by atoms with E-state index >= 15 is 0 Å². The zero-order valence-electron chi connectivity index (χ0n) is 14.6. The van der Waals surface area contributed by atoms with Gasteiger partial charge in [-0.25, -0.2) is 0 Å². The van der Waals surface area contributed by atoms with E-state index < -0.39 is 0 Å². The molecule has 1 saturated heterocycles. The molecule has 3 aromatic rings. The van der Waals surface area contributed by atoms with Crippen LogP contribution >= 0.6 is 0 Å². The summed E-state index contributed by atoms with van der Waals surface area (Å²) in [7, 11) is 2.10. The van der Waals surface area contributed by atoms with Crippen molar-refractivity contribution in [3.63, 3.8) is 0 Å². The van der Waals surface area contributed by atoms with Crippen LogP contribution in [0.25, 0.3) is 11.1 Å². The predicted octanol–water partition coefficient (Wildman–Crippen LogP) is 3.37. The quantitative estimate of drug-likeness (QED) is 0.715. The van der Waals surface area contributed by atoms with Gasteiger partial charge in [0.15, 0.2) is 5.58 Å². The number of anilines is 1. The van der Waals surface area contributed by atoms with Crippen LogP contribution in [0.4, 0.5) is 6.01 Å². The molecular formula is C20H24N4O. The summed E-state index contributed by atoms with van der Waals surface area (Å²) in [5.74, 6) is 0. The van der Waals surface area contributed by atoms with E-state index in [2.05, 4.69) is 38.9 Å². The Morgan fingerprint density at radius 1 is 1.12 bits per heavy atom. The van der Waals surface area contributed by atoms with Crippen LogP contribution in [-0.4, -0.2) is 47.6 Å². The van der Waals surface area contributed by atoms with E-state index in [1.807, 2.05) is 36.5 Å². The van der Waals surface area contributed by atoms with Gasteiger partial charge in [-0.3, -0.25) is 4.98 Å². The van der Waals surface area contributed by atoms with Crippen molar-refractivity contribution in [1.82, 2.24) is 14.9 Å². The highest BCUT2D eigenvalue weighted by Crippen LogP contribution is 2.25. The van der Waals surface area contributed by atoms with Crippen LogP contribution in [-0.2, 0) is 6.42 Å². The Morgan fingerprint density at radius 3 is 2.68 bits per heavy atom. The number of oxazole rings is 1. The minimum absolute atomic E-state index is 0.485. The highest BCUT2D eigenvalue weighted by molar-refractivity contribution is 5.74. The minimum Gasteiger partial charge on any atom is -0.423 e. The van der Waals surface area contributed by atoms with E-state index in [9.17, 15) is 0 Å². The number of fused-ring (bicyclic) bond motifs is 1. The van der Waals surface area contributed by atoms with E-state index in [4.69, 9.17) is 4.42 Å². The topological polar surface area (TPSA) is 45.4 Å². The third kappa shape index (κ3) is 3.66. The zero-order valence-corrected chi connectivity index (χ0v) is 14.6. The molecule has 1 aromatic carbocycles. The monoisotopic (exact) mass is 336 g/mol. The van der Waals surface area contributed by atoms with Crippen molar-refractivity contribution >= 4 is 17.1 Å². The third-order valence-corrected chi connectivity index (χ3v) is 5.10. The maximum absolute atomic E-state index is 5.91. The number of rotatable bonds is 5. The van der Waals surface area contributed by atoms with Gasteiger partial charge in [-0.05, 0) is 37.1 Å². The molecule has 0 spiro atoms. The summed E-state index contributed by atoms with van der Waals surface area (Å²) in [6.45, 7) is 3.31.